The Bertz CT molecular complexity index is 1050. The lowest BCUT2D eigenvalue weighted by atomic mass is 9.94. The minimum Gasteiger partial charge on any atom is -0.439 e. The molecule has 4 rings (SSSR count). The maximum Gasteiger partial charge on any atom is 0.226 e. The van der Waals surface area contributed by atoms with Gasteiger partial charge in [0.2, 0.25) is 5.88 Å². The molecule has 7 heteroatoms. The van der Waals surface area contributed by atoms with Gasteiger partial charge in [0, 0.05) is 18.5 Å². The second-order valence-corrected chi connectivity index (χ2v) is 8.07. The fraction of sp³-hybridized carbons (Fsp3) is 0.360. The number of rotatable bonds is 8. The summed E-state index contributed by atoms with van der Waals surface area (Å²) in [4.78, 5) is 5.55. The van der Waals surface area contributed by atoms with E-state index in [4.69, 9.17) is 19.0 Å². The number of hydrogen-bond donors (Lipinski definition) is 0. The van der Waals surface area contributed by atoms with Crippen molar-refractivity contribution in [3.05, 3.63) is 77.0 Å². The summed E-state index contributed by atoms with van der Waals surface area (Å²) in [6.07, 6.45) is 1.64. The summed E-state index contributed by atoms with van der Waals surface area (Å²) in [6, 6.07) is 17.7. The van der Waals surface area contributed by atoms with E-state index in [1.54, 1.807) is 10.9 Å². The highest BCUT2D eigenvalue weighted by Gasteiger charge is 2.41. The minimum atomic E-state index is -0.662. The maximum absolute atomic E-state index is 6.00. The average molecular weight is 436 g/mol. The van der Waals surface area contributed by atoms with E-state index in [-0.39, 0.29) is 5.92 Å². The van der Waals surface area contributed by atoms with Gasteiger partial charge in [0.1, 0.15) is 12.4 Å². The van der Waals surface area contributed by atoms with Gasteiger partial charge < -0.3 is 19.0 Å². The summed E-state index contributed by atoms with van der Waals surface area (Å²) >= 11 is 0. The molecule has 1 aliphatic rings. The van der Waals surface area contributed by atoms with Crippen molar-refractivity contribution in [1.82, 2.24) is 9.78 Å². The van der Waals surface area contributed by atoms with E-state index in [2.05, 4.69) is 24.1 Å². The van der Waals surface area contributed by atoms with Gasteiger partial charge in [0.25, 0.3) is 0 Å². The van der Waals surface area contributed by atoms with E-state index >= 15 is 0 Å². The van der Waals surface area contributed by atoms with E-state index in [1.165, 1.54) is 0 Å². The Labute approximate surface area is 188 Å². The molecule has 0 spiro atoms. The molecule has 0 radical (unpaired) electrons. The van der Waals surface area contributed by atoms with Crippen molar-refractivity contribution in [1.29, 1.82) is 0 Å². The van der Waals surface area contributed by atoms with Crippen molar-refractivity contribution in [2.75, 3.05) is 13.2 Å². The molecule has 32 heavy (non-hydrogen) atoms. The zero-order chi connectivity index (χ0) is 22.6. The number of aromatic nitrogens is 2. The van der Waals surface area contributed by atoms with Crippen LogP contribution in [0.4, 0.5) is 0 Å². The van der Waals surface area contributed by atoms with Gasteiger partial charge in [-0.05, 0) is 24.6 Å². The van der Waals surface area contributed by atoms with E-state index in [1.807, 2.05) is 68.6 Å². The highest BCUT2D eigenvalue weighted by molar-refractivity contribution is 5.84. The van der Waals surface area contributed by atoms with Crippen LogP contribution in [0.5, 0.6) is 11.6 Å². The summed E-state index contributed by atoms with van der Waals surface area (Å²) in [7, 11) is 1.84. The van der Waals surface area contributed by atoms with Crippen LogP contribution in [0.1, 0.15) is 36.2 Å². The van der Waals surface area contributed by atoms with Crippen molar-refractivity contribution >= 4 is 6.21 Å². The number of hydrogen-bond acceptors (Lipinski definition) is 6. The summed E-state index contributed by atoms with van der Waals surface area (Å²) < 4.78 is 19.6. The molecule has 7 nitrogen and oxygen atoms in total. The average Bonchev–Trinajstić information content (AvgIpc) is 3.39. The third-order valence-corrected chi connectivity index (χ3v) is 5.49. The summed E-state index contributed by atoms with van der Waals surface area (Å²) in [6.45, 7) is 7.69. The summed E-state index contributed by atoms with van der Waals surface area (Å²) in [5, 5.41) is 8.58. The molecule has 1 aromatic heterocycles. The molecule has 1 saturated heterocycles. The molecule has 0 saturated carbocycles. The van der Waals surface area contributed by atoms with Gasteiger partial charge in [-0.3, -0.25) is 0 Å². The lowest BCUT2D eigenvalue weighted by molar-refractivity contribution is -0.197. The van der Waals surface area contributed by atoms with Crippen molar-refractivity contribution < 1.29 is 19.0 Å². The van der Waals surface area contributed by atoms with Gasteiger partial charge in [0.05, 0.1) is 30.7 Å². The number of aryl methyl sites for hydroxylation is 2. The first-order chi connectivity index (χ1) is 15.5. The predicted molar refractivity (Wildman–Crippen MR) is 122 cm³/mol. The largest absolute Gasteiger partial charge is 0.439 e. The Kier molecular flexibility index (Phi) is 6.58. The van der Waals surface area contributed by atoms with E-state index in [0.29, 0.717) is 25.7 Å². The highest BCUT2D eigenvalue weighted by Crippen LogP contribution is 2.38. The van der Waals surface area contributed by atoms with E-state index in [9.17, 15) is 0 Å². The van der Waals surface area contributed by atoms with E-state index < -0.39 is 5.79 Å². The molecular formula is C25H29N3O4. The first-order valence-corrected chi connectivity index (χ1v) is 10.8. The van der Waals surface area contributed by atoms with Gasteiger partial charge >= 0.3 is 0 Å². The Morgan fingerprint density at radius 2 is 1.78 bits per heavy atom. The van der Waals surface area contributed by atoms with Crippen LogP contribution in [0.2, 0.25) is 0 Å². The van der Waals surface area contributed by atoms with Crippen molar-refractivity contribution in [3.63, 3.8) is 0 Å². The number of oxime groups is 1. The first-order valence-electron chi connectivity index (χ1n) is 10.8. The molecule has 1 fully saturated rings. The van der Waals surface area contributed by atoms with Crippen LogP contribution in [0.15, 0.2) is 59.8 Å². The second-order valence-electron chi connectivity index (χ2n) is 8.07. The van der Waals surface area contributed by atoms with Crippen molar-refractivity contribution in [2.45, 2.75) is 33.2 Å². The van der Waals surface area contributed by atoms with Crippen LogP contribution >= 0.6 is 0 Å². The third-order valence-electron chi connectivity index (χ3n) is 5.49. The first kappa shape index (κ1) is 22.0. The quantitative estimate of drug-likeness (QED) is 0.371. The maximum atomic E-state index is 6.00. The predicted octanol–water partition coefficient (Wildman–Crippen LogP) is 4.93. The van der Waals surface area contributed by atoms with Crippen molar-refractivity contribution in [2.24, 2.45) is 18.1 Å². The molecule has 2 heterocycles. The standard InChI is InChI=1S/C25H29N3O4/c1-18(2)25(29-14-15-30-25)21-12-10-20(11-13-21)17-31-26-16-23-19(3)27-28(4)24(23)32-22-8-6-5-7-9-22/h5-13,16,18H,14-15,17H2,1-4H3. The van der Waals surface area contributed by atoms with Crippen LogP contribution in [0, 0.1) is 12.8 Å². The van der Waals surface area contributed by atoms with Gasteiger partial charge in [-0.1, -0.05) is 61.5 Å². The Hall–Kier alpha value is -3.16. The monoisotopic (exact) mass is 435 g/mol. The zero-order valence-corrected chi connectivity index (χ0v) is 18.9. The van der Waals surface area contributed by atoms with Crippen LogP contribution in [-0.4, -0.2) is 29.2 Å². The van der Waals surface area contributed by atoms with Gasteiger partial charge in [-0.2, -0.15) is 5.10 Å². The zero-order valence-electron chi connectivity index (χ0n) is 18.9. The Morgan fingerprint density at radius 3 is 2.44 bits per heavy atom. The molecule has 1 aliphatic heterocycles. The molecule has 0 atom stereocenters. The Morgan fingerprint density at radius 1 is 1.09 bits per heavy atom. The SMILES string of the molecule is Cc1nn(C)c(Oc2ccccc2)c1C=NOCc1ccc(C2(C(C)C)OCCO2)cc1. The molecule has 2 aromatic carbocycles. The lowest BCUT2D eigenvalue weighted by Crippen LogP contribution is -2.33. The molecule has 0 amide bonds. The molecule has 0 bridgehead atoms. The fourth-order valence-electron chi connectivity index (χ4n) is 3.82. The van der Waals surface area contributed by atoms with Gasteiger partial charge in [-0.15, -0.1) is 0 Å². The third kappa shape index (κ3) is 4.54. The van der Waals surface area contributed by atoms with Crippen LogP contribution in [0.3, 0.4) is 0 Å². The number of benzene rings is 2. The lowest BCUT2D eigenvalue weighted by Gasteiger charge is -2.31. The highest BCUT2D eigenvalue weighted by atomic mass is 16.7. The molecule has 168 valence electrons. The molecule has 0 aliphatic carbocycles. The smallest absolute Gasteiger partial charge is 0.226 e. The Balaban J connectivity index is 1.40. The fourth-order valence-corrected chi connectivity index (χ4v) is 3.82. The molecule has 0 unspecified atom stereocenters. The number of ether oxygens (including phenoxy) is 3. The second kappa shape index (κ2) is 9.54. The normalized spacial score (nSPS) is 15.5. The summed E-state index contributed by atoms with van der Waals surface area (Å²) in [5.41, 5.74) is 3.61. The number of nitrogens with zero attached hydrogens (tertiary/aromatic N) is 3. The van der Waals surface area contributed by atoms with E-state index in [0.717, 1.165) is 28.1 Å². The number of para-hydroxylation sites is 1. The molecular weight excluding hydrogens is 406 g/mol. The molecule has 3 aromatic rings. The van der Waals surface area contributed by atoms with Gasteiger partial charge in [-0.25, -0.2) is 4.68 Å². The van der Waals surface area contributed by atoms with Crippen LogP contribution in [-0.2, 0) is 33.8 Å². The van der Waals surface area contributed by atoms with Gasteiger partial charge in [0.15, 0.2) is 5.79 Å². The molecule has 0 N–H and O–H groups in total. The summed E-state index contributed by atoms with van der Waals surface area (Å²) in [5.74, 6) is 0.901. The van der Waals surface area contributed by atoms with Crippen LogP contribution in [0.25, 0.3) is 0 Å². The van der Waals surface area contributed by atoms with Crippen LogP contribution < -0.4 is 4.74 Å². The topological polar surface area (TPSA) is 67.1 Å². The minimum absolute atomic E-state index is 0.215. The van der Waals surface area contributed by atoms with Crippen molar-refractivity contribution in [3.8, 4) is 11.6 Å².